The second-order valence-electron chi connectivity index (χ2n) is 6.00. The van der Waals surface area contributed by atoms with E-state index in [4.69, 9.17) is 0 Å². The van der Waals surface area contributed by atoms with Crippen molar-refractivity contribution in [2.45, 2.75) is 26.3 Å². The van der Waals surface area contributed by atoms with E-state index in [0.29, 0.717) is 22.6 Å². The Balaban J connectivity index is 2.36. The van der Waals surface area contributed by atoms with Gasteiger partial charge in [-0.25, -0.2) is 19.2 Å². The third-order valence-electron chi connectivity index (χ3n) is 3.82. The average molecular weight is 313 g/mol. The zero-order valence-corrected chi connectivity index (χ0v) is 13.0. The van der Waals surface area contributed by atoms with Crippen LogP contribution in [-0.4, -0.2) is 25.6 Å². The van der Waals surface area contributed by atoms with E-state index >= 15 is 0 Å². The van der Waals surface area contributed by atoms with Crippen molar-refractivity contribution >= 4 is 17.1 Å². The molecule has 0 unspecified atom stereocenters. The van der Waals surface area contributed by atoms with Crippen molar-refractivity contribution in [1.29, 1.82) is 0 Å². The lowest BCUT2D eigenvalue weighted by molar-refractivity contribution is -0.145. The molecule has 0 radical (unpaired) electrons. The zero-order chi connectivity index (χ0) is 16.8. The van der Waals surface area contributed by atoms with Gasteiger partial charge in [0.25, 0.3) is 0 Å². The number of fused-ring (bicyclic) bond motifs is 1. The summed E-state index contributed by atoms with van der Waals surface area (Å²) < 4.78 is 14.8. The number of aryl methyl sites for hydroxylation is 1. The van der Waals surface area contributed by atoms with E-state index in [9.17, 15) is 14.3 Å². The van der Waals surface area contributed by atoms with E-state index in [-0.39, 0.29) is 5.82 Å². The summed E-state index contributed by atoms with van der Waals surface area (Å²) in [6.07, 6.45) is 1.67. The van der Waals surface area contributed by atoms with Crippen molar-refractivity contribution in [3.8, 4) is 11.4 Å². The highest BCUT2D eigenvalue weighted by Gasteiger charge is 2.34. The third-order valence-corrected chi connectivity index (χ3v) is 3.82. The number of hydrogen-bond donors (Lipinski definition) is 1. The molecule has 2 heterocycles. The smallest absolute Gasteiger partial charge is 0.329 e. The first-order valence-corrected chi connectivity index (χ1v) is 7.15. The lowest BCUT2D eigenvalue weighted by Crippen LogP contribution is -2.36. The fourth-order valence-corrected chi connectivity index (χ4v) is 2.48. The summed E-state index contributed by atoms with van der Waals surface area (Å²) in [7, 11) is 0. The van der Waals surface area contributed by atoms with Gasteiger partial charge in [0.15, 0.2) is 5.65 Å². The van der Waals surface area contributed by atoms with Crippen LogP contribution in [0.3, 0.4) is 0 Å². The summed E-state index contributed by atoms with van der Waals surface area (Å²) >= 11 is 0. The Labute approximate surface area is 132 Å². The van der Waals surface area contributed by atoms with Crippen molar-refractivity contribution in [3.05, 3.63) is 47.9 Å². The molecule has 0 atom stereocenters. The molecule has 0 aliphatic heterocycles. The van der Waals surface area contributed by atoms with E-state index in [1.807, 2.05) is 13.0 Å². The molecular formula is C17H16FN3O2. The molecule has 118 valence electrons. The van der Waals surface area contributed by atoms with Crippen molar-refractivity contribution in [3.63, 3.8) is 0 Å². The molecule has 0 fully saturated rings. The third kappa shape index (κ3) is 2.46. The normalized spacial score (nSPS) is 11.8. The molecule has 0 saturated heterocycles. The number of carboxylic acids is 1. The van der Waals surface area contributed by atoms with Gasteiger partial charge in [-0.05, 0) is 56.7 Å². The van der Waals surface area contributed by atoms with Crippen molar-refractivity contribution in [2.75, 3.05) is 0 Å². The molecule has 0 spiro atoms. The molecule has 0 aliphatic rings. The van der Waals surface area contributed by atoms with Crippen LogP contribution in [0.15, 0.2) is 36.5 Å². The first-order valence-electron chi connectivity index (χ1n) is 7.15. The predicted octanol–water partition coefficient (Wildman–Crippen LogP) is 3.37. The number of carboxylic acid groups (broad SMARTS) is 1. The molecule has 6 heteroatoms. The average Bonchev–Trinajstić information content (AvgIpc) is 2.86. The van der Waals surface area contributed by atoms with Crippen molar-refractivity contribution < 1.29 is 14.3 Å². The van der Waals surface area contributed by atoms with Gasteiger partial charge in [-0.3, -0.25) is 4.57 Å². The first kappa shape index (κ1) is 15.1. The molecule has 1 aromatic carbocycles. The second kappa shape index (κ2) is 5.15. The lowest BCUT2D eigenvalue weighted by atomic mass is 10.0. The van der Waals surface area contributed by atoms with Crippen molar-refractivity contribution in [1.82, 2.24) is 14.5 Å². The van der Waals surface area contributed by atoms with Gasteiger partial charge in [0.1, 0.15) is 22.7 Å². The molecule has 23 heavy (non-hydrogen) atoms. The number of hydrogen-bond acceptors (Lipinski definition) is 3. The number of carbonyl (C=O) groups is 1. The van der Waals surface area contributed by atoms with Crippen LogP contribution in [0.4, 0.5) is 4.39 Å². The summed E-state index contributed by atoms with van der Waals surface area (Å²) in [5, 5.41) is 9.61. The van der Waals surface area contributed by atoms with Gasteiger partial charge in [0.05, 0.1) is 0 Å². The molecule has 0 amide bonds. The van der Waals surface area contributed by atoms with E-state index < -0.39 is 11.5 Å². The molecule has 3 rings (SSSR count). The number of pyridine rings is 1. The first-order chi connectivity index (χ1) is 10.8. The van der Waals surface area contributed by atoms with Gasteiger partial charge in [-0.15, -0.1) is 0 Å². The summed E-state index contributed by atoms with van der Waals surface area (Å²) in [5.41, 5.74) is 1.42. The monoisotopic (exact) mass is 313 g/mol. The Morgan fingerprint density at radius 1 is 1.26 bits per heavy atom. The van der Waals surface area contributed by atoms with Gasteiger partial charge in [0.2, 0.25) is 0 Å². The second-order valence-corrected chi connectivity index (χ2v) is 6.00. The fraction of sp³-hybridized carbons (Fsp3) is 0.235. The SMILES string of the molecule is Cc1cnc2c(c1)nc(-c1ccc(F)cc1)n2C(C)(C)C(=O)O. The molecule has 5 nitrogen and oxygen atoms in total. The molecule has 0 saturated carbocycles. The highest BCUT2D eigenvalue weighted by Crippen LogP contribution is 2.31. The number of imidazole rings is 1. The maximum Gasteiger partial charge on any atom is 0.329 e. The van der Waals surface area contributed by atoms with Crippen LogP contribution in [0.25, 0.3) is 22.6 Å². The zero-order valence-electron chi connectivity index (χ0n) is 13.0. The van der Waals surface area contributed by atoms with E-state index in [2.05, 4.69) is 9.97 Å². The number of aromatic nitrogens is 3. The van der Waals surface area contributed by atoms with Crippen LogP contribution >= 0.6 is 0 Å². The van der Waals surface area contributed by atoms with Crippen LogP contribution in [0.5, 0.6) is 0 Å². The highest BCUT2D eigenvalue weighted by atomic mass is 19.1. The van der Waals surface area contributed by atoms with Crippen LogP contribution in [0.2, 0.25) is 0 Å². The lowest BCUT2D eigenvalue weighted by Gasteiger charge is -2.24. The molecule has 0 aliphatic carbocycles. The molecule has 0 bridgehead atoms. The number of halogens is 1. The summed E-state index contributed by atoms with van der Waals surface area (Å²) in [6, 6.07) is 7.66. The van der Waals surface area contributed by atoms with Crippen LogP contribution < -0.4 is 0 Å². The topological polar surface area (TPSA) is 68.0 Å². The maximum atomic E-state index is 13.2. The quantitative estimate of drug-likeness (QED) is 0.805. The summed E-state index contributed by atoms with van der Waals surface area (Å²) in [6.45, 7) is 5.07. The Hall–Kier alpha value is -2.76. The number of rotatable bonds is 3. The van der Waals surface area contributed by atoms with Gasteiger partial charge < -0.3 is 5.11 Å². The van der Waals surface area contributed by atoms with Crippen LogP contribution in [-0.2, 0) is 10.3 Å². The van der Waals surface area contributed by atoms with Gasteiger partial charge in [-0.1, -0.05) is 0 Å². The van der Waals surface area contributed by atoms with Gasteiger partial charge in [0, 0.05) is 11.8 Å². The number of nitrogens with zero attached hydrogens (tertiary/aromatic N) is 3. The minimum Gasteiger partial charge on any atom is -0.480 e. The van der Waals surface area contributed by atoms with Crippen LogP contribution in [0, 0.1) is 12.7 Å². The minimum absolute atomic E-state index is 0.358. The minimum atomic E-state index is -1.25. The molecule has 2 aromatic heterocycles. The predicted molar refractivity (Wildman–Crippen MR) is 84.6 cm³/mol. The van der Waals surface area contributed by atoms with Crippen LogP contribution in [0.1, 0.15) is 19.4 Å². The number of benzene rings is 1. The number of aliphatic carboxylic acids is 1. The van der Waals surface area contributed by atoms with E-state index in [1.165, 1.54) is 12.1 Å². The largest absolute Gasteiger partial charge is 0.480 e. The summed E-state index contributed by atoms with van der Waals surface area (Å²) in [4.78, 5) is 20.6. The van der Waals surface area contributed by atoms with E-state index in [0.717, 1.165) is 5.56 Å². The van der Waals surface area contributed by atoms with Gasteiger partial charge >= 0.3 is 5.97 Å². The van der Waals surface area contributed by atoms with E-state index in [1.54, 1.807) is 36.7 Å². The molecular weight excluding hydrogens is 297 g/mol. The highest BCUT2D eigenvalue weighted by molar-refractivity contribution is 5.84. The Bertz CT molecular complexity index is 898. The molecule has 3 aromatic rings. The standard InChI is InChI=1S/C17H16FN3O2/c1-10-8-13-15(19-9-10)21(17(2,3)16(22)23)14(20-13)11-4-6-12(18)7-5-11/h4-9H,1-3H3,(H,22,23). The van der Waals surface area contributed by atoms with Crippen molar-refractivity contribution in [2.24, 2.45) is 0 Å². The summed E-state index contributed by atoms with van der Waals surface area (Å²) in [5.74, 6) is -0.907. The Kier molecular flexibility index (Phi) is 3.39. The Morgan fingerprint density at radius 3 is 2.52 bits per heavy atom. The van der Waals surface area contributed by atoms with Gasteiger partial charge in [-0.2, -0.15) is 0 Å². The fourth-order valence-electron chi connectivity index (χ4n) is 2.48. The Morgan fingerprint density at radius 2 is 1.91 bits per heavy atom. The maximum absolute atomic E-state index is 13.2. The molecule has 1 N–H and O–H groups in total.